The highest BCUT2D eigenvalue weighted by molar-refractivity contribution is 5.94. The van der Waals surface area contributed by atoms with Gasteiger partial charge in [-0.3, -0.25) is 4.79 Å². The third-order valence-electron chi connectivity index (χ3n) is 5.28. The highest BCUT2D eigenvalue weighted by atomic mass is 16.1. The van der Waals surface area contributed by atoms with Crippen LogP contribution in [0.1, 0.15) is 38.5 Å². The van der Waals surface area contributed by atoms with E-state index in [9.17, 15) is 4.79 Å². The number of allylic oxidation sites excluding steroid dienone is 4. The lowest BCUT2D eigenvalue weighted by atomic mass is 9.53. The first kappa shape index (κ1) is 9.99. The Morgan fingerprint density at radius 2 is 1.65 bits per heavy atom. The van der Waals surface area contributed by atoms with Crippen LogP contribution in [0.15, 0.2) is 23.3 Å². The Hall–Kier alpha value is -0.980. The maximum atomic E-state index is 11.6. The van der Waals surface area contributed by atoms with E-state index in [0.717, 1.165) is 23.7 Å². The van der Waals surface area contributed by atoms with Crippen LogP contribution >= 0.6 is 0 Å². The lowest BCUT2D eigenvalue weighted by Gasteiger charge is -2.49. The minimum atomic E-state index is 0.295. The van der Waals surface area contributed by atoms with Crippen LogP contribution in [-0.2, 0) is 4.79 Å². The van der Waals surface area contributed by atoms with Crippen LogP contribution in [0, 0.1) is 30.1 Å². The largest absolute Gasteiger partial charge is 0.279 e. The maximum absolute atomic E-state index is 11.6. The van der Waals surface area contributed by atoms with Crippen LogP contribution in [0.2, 0.25) is 0 Å². The smallest absolute Gasteiger partial charge is 0.215 e. The van der Waals surface area contributed by atoms with Crippen molar-refractivity contribution in [3.63, 3.8) is 0 Å². The average Bonchev–Trinajstić information content (AvgIpc) is 2.27. The normalized spacial score (nSPS) is 43.2. The minimum absolute atomic E-state index is 0.295. The number of ketones is 1. The molecule has 1 heteroatoms. The van der Waals surface area contributed by atoms with Crippen molar-refractivity contribution in [2.75, 3.05) is 0 Å². The number of carbonyl (C=O) groups is 1. The number of Topliss-reactive ketones (excluding diaryl/α,β-unsaturated/α-hetero) is 1. The molecule has 4 bridgehead atoms. The van der Waals surface area contributed by atoms with E-state index in [2.05, 4.69) is 12.2 Å². The molecule has 4 fully saturated rings. The number of hydrogen-bond acceptors (Lipinski definition) is 1. The summed E-state index contributed by atoms with van der Waals surface area (Å²) in [6.45, 7) is 0. The van der Waals surface area contributed by atoms with Gasteiger partial charge in [-0.15, -0.1) is 0 Å². The molecule has 0 saturated heterocycles. The first-order chi connectivity index (χ1) is 8.29. The predicted molar refractivity (Wildman–Crippen MR) is 67.1 cm³/mol. The van der Waals surface area contributed by atoms with Crippen LogP contribution in [0.4, 0.5) is 0 Å². The van der Waals surface area contributed by atoms with Gasteiger partial charge in [0.1, 0.15) is 5.57 Å². The highest BCUT2D eigenvalue weighted by Crippen LogP contribution is 2.57. The topological polar surface area (TPSA) is 17.1 Å². The Morgan fingerprint density at radius 3 is 2.24 bits per heavy atom. The van der Waals surface area contributed by atoms with E-state index in [1.807, 2.05) is 6.42 Å². The summed E-state index contributed by atoms with van der Waals surface area (Å²) < 4.78 is 0. The van der Waals surface area contributed by atoms with Crippen LogP contribution in [0.3, 0.4) is 0 Å². The zero-order chi connectivity index (χ0) is 11.4. The Labute approximate surface area is 103 Å². The van der Waals surface area contributed by atoms with Crippen LogP contribution in [0.25, 0.3) is 0 Å². The second kappa shape index (κ2) is 3.51. The van der Waals surface area contributed by atoms with Crippen molar-refractivity contribution < 1.29 is 4.79 Å². The molecule has 0 spiro atoms. The van der Waals surface area contributed by atoms with Gasteiger partial charge in [-0.2, -0.15) is 0 Å². The average molecular weight is 227 g/mol. The summed E-state index contributed by atoms with van der Waals surface area (Å²) in [5, 5.41) is 0. The van der Waals surface area contributed by atoms with Crippen molar-refractivity contribution in [3.05, 3.63) is 29.7 Å². The molecule has 17 heavy (non-hydrogen) atoms. The predicted octanol–water partition coefficient (Wildman–Crippen LogP) is 3.47. The molecule has 0 unspecified atom stereocenters. The third-order valence-corrected chi connectivity index (χ3v) is 5.28. The van der Waals surface area contributed by atoms with E-state index >= 15 is 0 Å². The fourth-order valence-corrected chi connectivity index (χ4v) is 4.93. The Morgan fingerprint density at radius 1 is 1.00 bits per heavy atom. The number of hydrogen-bond donors (Lipinski definition) is 0. The van der Waals surface area contributed by atoms with Gasteiger partial charge in [-0.05, 0) is 50.0 Å². The summed E-state index contributed by atoms with van der Waals surface area (Å²) in [6.07, 6.45) is 13.9. The molecule has 5 aliphatic carbocycles. The fourth-order valence-electron chi connectivity index (χ4n) is 4.93. The van der Waals surface area contributed by atoms with E-state index in [1.165, 1.54) is 37.7 Å². The van der Waals surface area contributed by atoms with E-state index in [-0.39, 0.29) is 0 Å². The van der Waals surface area contributed by atoms with Crippen molar-refractivity contribution >= 4 is 5.78 Å². The molecule has 5 rings (SSSR count). The molecule has 5 aliphatic rings. The first-order valence-electron chi connectivity index (χ1n) is 7.08. The van der Waals surface area contributed by atoms with E-state index < -0.39 is 0 Å². The SMILES string of the molecule is O=C1[CH+]C(=C2C3CC4CC(C3)CC2C4)C=CC1. The maximum Gasteiger partial charge on any atom is 0.215 e. The Kier molecular flexibility index (Phi) is 2.06. The summed E-state index contributed by atoms with van der Waals surface area (Å²) in [6, 6.07) is 0. The van der Waals surface area contributed by atoms with Crippen molar-refractivity contribution in [1.29, 1.82) is 0 Å². The fraction of sp³-hybridized carbons (Fsp3) is 0.625. The lowest BCUT2D eigenvalue weighted by Crippen LogP contribution is -2.41. The second-order valence-electron chi connectivity index (χ2n) is 6.43. The molecular weight excluding hydrogens is 208 g/mol. The quantitative estimate of drug-likeness (QED) is 0.579. The Bertz CT molecular complexity index is 397. The molecule has 0 aromatic rings. The highest BCUT2D eigenvalue weighted by Gasteiger charge is 2.49. The molecule has 0 radical (unpaired) electrons. The summed E-state index contributed by atoms with van der Waals surface area (Å²) in [5.41, 5.74) is 2.94. The van der Waals surface area contributed by atoms with Crippen LogP contribution in [-0.4, -0.2) is 5.78 Å². The third kappa shape index (κ3) is 1.51. The van der Waals surface area contributed by atoms with Crippen molar-refractivity contribution in [3.8, 4) is 0 Å². The monoisotopic (exact) mass is 227 g/mol. The van der Waals surface area contributed by atoms with Gasteiger partial charge in [0.2, 0.25) is 5.78 Å². The summed E-state index contributed by atoms with van der Waals surface area (Å²) in [4.78, 5) is 11.6. The van der Waals surface area contributed by atoms with Crippen LogP contribution in [0.5, 0.6) is 0 Å². The van der Waals surface area contributed by atoms with Gasteiger partial charge in [0.15, 0.2) is 0 Å². The summed E-state index contributed by atoms with van der Waals surface area (Å²) in [5.74, 6) is 3.93. The van der Waals surface area contributed by atoms with Crippen molar-refractivity contribution in [1.82, 2.24) is 0 Å². The molecule has 0 N–H and O–H groups in total. The molecule has 0 aliphatic heterocycles. The molecule has 0 aromatic heterocycles. The van der Waals surface area contributed by atoms with Gasteiger partial charge in [0.25, 0.3) is 0 Å². The second-order valence-corrected chi connectivity index (χ2v) is 6.43. The van der Waals surface area contributed by atoms with E-state index in [4.69, 9.17) is 0 Å². The summed E-state index contributed by atoms with van der Waals surface area (Å²) in [7, 11) is 0. The summed E-state index contributed by atoms with van der Waals surface area (Å²) >= 11 is 0. The Balaban J connectivity index is 1.74. The van der Waals surface area contributed by atoms with Crippen molar-refractivity contribution in [2.45, 2.75) is 38.5 Å². The molecule has 88 valence electrons. The zero-order valence-electron chi connectivity index (χ0n) is 10.2. The van der Waals surface area contributed by atoms with Gasteiger partial charge in [0, 0.05) is 23.5 Å². The number of rotatable bonds is 0. The van der Waals surface area contributed by atoms with Gasteiger partial charge in [-0.1, -0.05) is 0 Å². The lowest BCUT2D eigenvalue weighted by molar-refractivity contribution is -0.115. The van der Waals surface area contributed by atoms with E-state index in [1.54, 1.807) is 5.57 Å². The first-order valence-corrected chi connectivity index (χ1v) is 7.08. The molecule has 0 heterocycles. The molecule has 0 atom stereocenters. The molecular formula is C16H19O+. The van der Waals surface area contributed by atoms with Crippen molar-refractivity contribution in [2.24, 2.45) is 23.7 Å². The van der Waals surface area contributed by atoms with Crippen LogP contribution < -0.4 is 0 Å². The van der Waals surface area contributed by atoms with Gasteiger partial charge in [0.05, 0.1) is 12.8 Å². The standard InChI is InChI=1S/C16H19O/c17-15-3-1-2-12(9-15)16-13-5-10-4-11(7-13)8-14(16)6-10/h1-2,9-11,13-14H,3-8H2/q+1. The molecule has 0 aromatic carbocycles. The minimum Gasteiger partial charge on any atom is -0.279 e. The van der Waals surface area contributed by atoms with Gasteiger partial charge in [-0.25, -0.2) is 0 Å². The van der Waals surface area contributed by atoms with E-state index in [0.29, 0.717) is 12.2 Å². The molecule has 0 amide bonds. The molecule has 1 nitrogen and oxygen atoms in total. The van der Waals surface area contributed by atoms with Gasteiger partial charge >= 0.3 is 0 Å². The van der Waals surface area contributed by atoms with Gasteiger partial charge < -0.3 is 0 Å². The molecule has 4 saturated carbocycles. The number of carbonyl (C=O) groups excluding carboxylic acids is 1. The zero-order valence-corrected chi connectivity index (χ0v) is 10.2.